The smallest absolute Gasteiger partial charge is 0.270 e. The number of hydrogen-bond donors (Lipinski definition) is 0. The average Bonchev–Trinajstić information content (AvgIpc) is 2.88. The van der Waals surface area contributed by atoms with E-state index >= 15 is 0 Å². The molecular formula is C19H19N3O4. The second-order valence-corrected chi connectivity index (χ2v) is 5.87. The minimum absolute atomic E-state index is 0.0260. The molecule has 0 aromatic heterocycles. The van der Waals surface area contributed by atoms with Crippen LogP contribution in [0.2, 0.25) is 0 Å². The highest BCUT2D eigenvalue weighted by Crippen LogP contribution is 2.27. The Balaban J connectivity index is 1.87. The molecule has 0 unspecified atom stereocenters. The molecule has 0 saturated carbocycles. The number of carbonyl (C=O) groups is 1. The molecule has 7 heteroatoms. The van der Waals surface area contributed by atoms with E-state index in [-0.39, 0.29) is 11.6 Å². The molecule has 2 aromatic carbocycles. The standard InChI is InChI=1S/C19H19N3O4/c1-2-11-26-17-6-3-14(4-7-17)19(23)21-10-9-20-13-15-12-16(22(24)25)5-8-18(15)21/h3-8,12-13H,2,9-11H2,1H3. The number of nitro benzene ring substituents is 1. The molecule has 0 fully saturated rings. The van der Waals surface area contributed by atoms with Crippen molar-refractivity contribution in [2.45, 2.75) is 13.3 Å². The third kappa shape index (κ3) is 3.72. The number of fused-ring (bicyclic) bond motifs is 1. The second kappa shape index (κ2) is 7.77. The Kier molecular flexibility index (Phi) is 5.26. The highest BCUT2D eigenvalue weighted by Gasteiger charge is 2.23. The molecule has 2 aromatic rings. The maximum absolute atomic E-state index is 13.0. The molecule has 0 saturated heterocycles. The molecule has 7 nitrogen and oxygen atoms in total. The zero-order valence-corrected chi connectivity index (χ0v) is 14.4. The fourth-order valence-corrected chi connectivity index (χ4v) is 2.73. The molecule has 0 aliphatic carbocycles. The lowest BCUT2D eigenvalue weighted by atomic mass is 10.1. The van der Waals surface area contributed by atoms with Gasteiger partial charge in [0.1, 0.15) is 5.75 Å². The van der Waals surface area contributed by atoms with Crippen LogP contribution in [0.3, 0.4) is 0 Å². The number of amides is 1. The molecule has 134 valence electrons. The summed E-state index contributed by atoms with van der Waals surface area (Å²) in [7, 11) is 0. The summed E-state index contributed by atoms with van der Waals surface area (Å²) in [5, 5.41) is 11.0. The summed E-state index contributed by atoms with van der Waals surface area (Å²) in [5.74, 6) is 0.547. The van der Waals surface area contributed by atoms with E-state index in [0.29, 0.717) is 36.5 Å². The monoisotopic (exact) mass is 353 g/mol. The van der Waals surface area contributed by atoms with Gasteiger partial charge in [0.15, 0.2) is 0 Å². The predicted molar refractivity (Wildman–Crippen MR) is 99.5 cm³/mol. The van der Waals surface area contributed by atoms with Crippen LogP contribution >= 0.6 is 0 Å². The van der Waals surface area contributed by atoms with Gasteiger partial charge in [0.25, 0.3) is 11.6 Å². The number of aliphatic imine (C=N–C) groups is 1. The molecule has 1 aliphatic rings. The van der Waals surface area contributed by atoms with Crippen LogP contribution in [0.5, 0.6) is 5.75 Å². The minimum Gasteiger partial charge on any atom is -0.494 e. The van der Waals surface area contributed by atoms with E-state index in [1.54, 1.807) is 41.4 Å². The number of nitrogens with zero attached hydrogens (tertiary/aromatic N) is 3. The van der Waals surface area contributed by atoms with Crippen LogP contribution in [0.25, 0.3) is 0 Å². The van der Waals surface area contributed by atoms with E-state index in [2.05, 4.69) is 4.99 Å². The zero-order valence-electron chi connectivity index (χ0n) is 14.4. The summed E-state index contributed by atoms with van der Waals surface area (Å²) in [6.45, 7) is 3.50. The highest BCUT2D eigenvalue weighted by atomic mass is 16.6. The van der Waals surface area contributed by atoms with Crippen molar-refractivity contribution in [3.8, 4) is 5.75 Å². The highest BCUT2D eigenvalue weighted by molar-refractivity contribution is 6.09. The lowest BCUT2D eigenvalue weighted by Gasteiger charge is -2.22. The van der Waals surface area contributed by atoms with Crippen molar-refractivity contribution in [3.05, 3.63) is 63.7 Å². The Hall–Kier alpha value is -3.22. The summed E-state index contributed by atoms with van der Waals surface area (Å²) < 4.78 is 5.54. The fourth-order valence-electron chi connectivity index (χ4n) is 2.73. The molecule has 0 spiro atoms. The van der Waals surface area contributed by atoms with Gasteiger partial charge in [0, 0.05) is 36.0 Å². The first-order valence-corrected chi connectivity index (χ1v) is 8.43. The van der Waals surface area contributed by atoms with Crippen molar-refractivity contribution >= 4 is 23.5 Å². The van der Waals surface area contributed by atoms with E-state index in [1.807, 2.05) is 6.92 Å². The van der Waals surface area contributed by atoms with E-state index in [1.165, 1.54) is 12.1 Å². The molecule has 1 aliphatic heterocycles. The summed E-state index contributed by atoms with van der Waals surface area (Å²) in [5.41, 5.74) is 1.68. The van der Waals surface area contributed by atoms with Gasteiger partial charge in [-0.25, -0.2) is 0 Å². The van der Waals surface area contributed by atoms with Crippen LogP contribution in [-0.4, -0.2) is 36.7 Å². The van der Waals surface area contributed by atoms with Crippen molar-refractivity contribution in [2.24, 2.45) is 4.99 Å². The summed E-state index contributed by atoms with van der Waals surface area (Å²) in [6.07, 6.45) is 2.49. The number of non-ortho nitro benzene ring substituents is 1. The van der Waals surface area contributed by atoms with Crippen molar-refractivity contribution in [3.63, 3.8) is 0 Å². The Bertz CT molecular complexity index is 846. The third-order valence-electron chi connectivity index (χ3n) is 4.02. The number of benzodiazepines with no additional fused rings is 1. The van der Waals surface area contributed by atoms with Crippen LogP contribution in [0.1, 0.15) is 29.3 Å². The quantitative estimate of drug-likeness (QED) is 0.608. The Morgan fingerprint density at radius 3 is 2.73 bits per heavy atom. The van der Waals surface area contributed by atoms with Crippen LogP contribution in [0.15, 0.2) is 47.5 Å². The fraction of sp³-hybridized carbons (Fsp3) is 0.263. The summed E-state index contributed by atoms with van der Waals surface area (Å²) in [6, 6.07) is 11.4. The number of hydrogen-bond acceptors (Lipinski definition) is 5. The maximum Gasteiger partial charge on any atom is 0.270 e. The Morgan fingerprint density at radius 2 is 2.04 bits per heavy atom. The second-order valence-electron chi connectivity index (χ2n) is 5.87. The van der Waals surface area contributed by atoms with Crippen molar-refractivity contribution < 1.29 is 14.5 Å². The first-order valence-electron chi connectivity index (χ1n) is 8.43. The SMILES string of the molecule is CCCOc1ccc(C(=O)N2CCN=Cc3cc([N+](=O)[O-])ccc32)cc1. The molecule has 26 heavy (non-hydrogen) atoms. The van der Waals surface area contributed by atoms with Gasteiger partial charge >= 0.3 is 0 Å². The first kappa shape index (κ1) is 17.6. The predicted octanol–water partition coefficient (Wildman–Crippen LogP) is 3.46. The van der Waals surface area contributed by atoms with Crippen LogP contribution in [0.4, 0.5) is 11.4 Å². The Labute approximate surface area is 151 Å². The van der Waals surface area contributed by atoms with Gasteiger partial charge in [-0.2, -0.15) is 0 Å². The van der Waals surface area contributed by atoms with Crippen molar-refractivity contribution in [1.82, 2.24) is 0 Å². The van der Waals surface area contributed by atoms with Gasteiger partial charge in [-0.05, 0) is 36.8 Å². The maximum atomic E-state index is 13.0. The van der Waals surface area contributed by atoms with Crippen LogP contribution in [-0.2, 0) is 0 Å². The number of ether oxygens (including phenoxy) is 1. The molecule has 0 radical (unpaired) electrons. The number of rotatable bonds is 5. The lowest BCUT2D eigenvalue weighted by molar-refractivity contribution is -0.384. The van der Waals surface area contributed by atoms with Crippen LogP contribution in [0, 0.1) is 10.1 Å². The number of carbonyl (C=O) groups excluding carboxylic acids is 1. The molecule has 0 bridgehead atoms. The van der Waals surface area contributed by atoms with Gasteiger partial charge in [-0.15, -0.1) is 0 Å². The molecule has 0 N–H and O–H groups in total. The molecule has 1 amide bonds. The minimum atomic E-state index is -0.458. The molecule has 3 rings (SSSR count). The molecular weight excluding hydrogens is 334 g/mol. The van der Waals surface area contributed by atoms with E-state index in [0.717, 1.165) is 12.2 Å². The van der Waals surface area contributed by atoms with E-state index < -0.39 is 4.92 Å². The summed E-state index contributed by atoms with van der Waals surface area (Å²) >= 11 is 0. The van der Waals surface area contributed by atoms with E-state index in [4.69, 9.17) is 4.74 Å². The van der Waals surface area contributed by atoms with Crippen molar-refractivity contribution in [1.29, 1.82) is 0 Å². The topological polar surface area (TPSA) is 85.0 Å². The number of nitro groups is 1. The number of anilines is 1. The van der Waals surface area contributed by atoms with Gasteiger partial charge in [-0.3, -0.25) is 19.9 Å². The largest absolute Gasteiger partial charge is 0.494 e. The van der Waals surface area contributed by atoms with Crippen LogP contribution < -0.4 is 9.64 Å². The first-order chi connectivity index (χ1) is 12.6. The third-order valence-corrected chi connectivity index (χ3v) is 4.02. The van der Waals surface area contributed by atoms with Crippen molar-refractivity contribution in [2.75, 3.05) is 24.6 Å². The van der Waals surface area contributed by atoms with E-state index in [9.17, 15) is 14.9 Å². The average molecular weight is 353 g/mol. The van der Waals surface area contributed by atoms with Gasteiger partial charge < -0.3 is 9.64 Å². The normalized spacial score (nSPS) is 13.0. The molecule has 1 heterocycles. The van der Waals surface area contributed by atoms with Gasteiger partial charge in [0.2, 0.25) is 0 Å². The lowest BCUT2D eigenvalue weighted by Crippen LogP contribution is -2.33. The zero-order chi connectivity index (χ0) is 18.5. The van der Waals surface area contributed by atoms with Gasteiger partial charge in [0.05, 0.1) is 23.8 Å². The number of benzene rings is 2. The molecule has 0 atom stereocenters. The van der Waals surface area contributed by atoms with Gasteiger partial charge in [-0.1, -0.05) is 6.92 Å². The summed E-state index contributed by atoms with van der Waals surface area (Å²) in [4.78, 5) is 29.3. The Morgan fingerprint density at radius 1 is 1.27 bits per heavy atom.